The summed E-state index contributed by atoms with van der Waals surface area (Å²) in [4.78, 5) is 13.1. The molecule has 0 spiro atoms. The molecule has 0 aliphatic carbocycles. The summed E-state index contributed by atoms with van der Waals surface area (Å²) >= 11 is 0. The van der Waals surface area contributed by atoms with Gasteiger partial charge in [-0.3, -0.25) is 0 Å². The normalized spacial score (nSPS) is 15.3. The number of carbonyl (C=O) groups excluding carboxylic acids is 1. The van der Waals surface area contributed by atoms with Crippen molar-refractivity contribution in [2.75, 3.05) is 26.1 Å². The number of nitrogens with one attached hydrogen (secondary N) is 1. The molecule has 9 heteroatoms. The molecule has 0 amide bonds. The van der Waals surface area contributed by atoms with Crippen LogP contribution in [0.25, 0.3) is 0 Å². The summed E-state index contributed by atoms with van der Waals surface area (Å²) in [5.41, 5.74) is 1.92. The van der Waals surface area contributed by atoms with Gasteiger partial charge in [0.05, 0.1) is 26.4 Å². The highest BCUT2D eigenvalue weighted by atomic mass is 16.5. The maximum atomic E-state index is 13.1. The van der Waals surface area contributed by atoms with E-state index >= 15 is 0 Å². The fourth-order valence-electron chi connectivity index (χ4n) is 3.73. The van der Waals surface area contributed by atoms with Crippen LogP contribution in [0.2, 0.25) is 0 Å². The summed E-state index contributed by atoms with van der Waals surface area (Å²) in [6.07, 6.45) is 6.76. The summed E-state index contributed by atoms with van der Waals surface area (Å²) in [6.45, 7) is 4.41. The molecule has 2 heterocycles. The van der Waals surface area contributed by atoms with Crippen LogP contribution in [0.1, 0.15) is 64.0 Å². The van der Waals surface area contributed by atoms with Crippen molar-refractivity contribution in [1.29, 1.82) is 0 Å². The second-order valence-electron chi connectivity index (χ2n) is 7.53. The Morgan fingerprint density at radius 2 is 1.84 bits per heavy atom. The lowest BCUT2D eigenvalue weighted by molar-refractivity contribution is -0.139. The number of anilines is 1. The van der Waals surface area contributed by atoms with E-state index in [9.17, 15) is 4.79 Å². The van der Waals surface area contributed by atoms with Crippen molar-refractivity contribution in [3.05, 3.63) is 35.0 Å². The fraction of sp³-hybridized carbons (Fsp3) is 0.545. The van der Waals surface area contributed by atoms with Gasteiger partial charge in [0.2, 0.25) is 5.95 Å². The van der Waals surface area contributed by atoms with Crippen LogP contribution in [0.15, 0.2) is 29.5 Å². The minimum atomic E-state index is -0.539. The van der Waals surface area contributed by atoms with Gasteiger partial charge in [-0.1, -0.05) is 50.2 Å². The van der Waals surface area contributed by atoms with Crippen LogP contribution in [-0.4, -0.2) is 47.0 Å². The molecule has 0 radical (unpaired) electrons. The molecular weight excluding hydrogens is 398 g/mol. The number of ether oxygens (including phenoxy) is 3. The minimum absolute atomic E-state index is 0.375. The van der Waals surface area contributed by atoms with E-state index in [2.05, 4.69) is 27.8 Å². The SMILES string of the molecule is CCCCCCCCOC(=O)C1=C(C)Nc2nnnn2[C@H]1c1ccc(OC)c(OC)c1. The molecular formula is C22H31N5O4. The molecule has 168 valence electrons. The zero-order valence-corrected chi connectivity index (χ0v) is 18.7. The summed E-state index contributed by atoms with van der Waals surface area (Å²) in [6, 6.07) is 4.96. The summed E-state index contributed by atoms with van der Waals surface area (Å²) < 4.78 is 18.0. The number of aromatic nitrogens is 4. The quantitative estimate of drug-likeness (QED) is 0.424. The minimum Gasteiger partial charge on any atom is -0.493 e. The first-order valence-electron chi connectivity index (χ1n) is 10.7. The van der Waals surface area contributed by atoms with Gasteiger partial charge >= 0.3 is 5.97 Å². The number of unbranched alkanes of at least 4 members (excludes halogenated alkanes) is 5. The standard InChI is InChI=1S/C22H31N5O4/c1-5-6-7-8-9-10-13-31-21(28)19-15(2)23-22-24-25-26-27(22)20(19)16-11-12-17(29-3)18(14-16)30-4/h11-12,14,20H,5-10,13H2,1-4H3,(H,23,24,26)/t20-/m0/s1. The van der Waals surface area contributed by atoms with E-state index in [-0.39, 0.29) is 5.97 Å². The number of tetrazole rings is 1. The van der Waals surface area contributed by atoms with E-state index in [0.29, 0.717) is 35.3 Å². The summed E-state index contributed by atoms with van der Waals surface area (Å²) in [7, 11) is 3.15. The number of allylic oxidation sites excluding steroid dienone is 1. The van der Waals surface area contributed by atoms with Gasteiger partial charge in [0, 0.05) is 5.70 Å². The van der Waals surface area contributed by atoms with E-state index in [0.717, 1.165) is 24.8 Å². The van der Waals surface area contributed by atoms with E-state index in [1.54, 1.807) is 25.0 Å². The second-order valence-corrected chi connectivity index (χ2v) is 7.53. The highest BCUT2D eigenvalue weighted by Crippen LogP contribution is 2.38. The molecule has 1 aliphatic rings. The van der Waals surface area contributed by atoms with Crippen LogP contribution < -0.4 is 14.8 Å². The average molecular weight is 430 g/mol. The van der Waals surface area contributed by atoms with Gasteiger partial charge < -0.3 is 19.5 Å². The number of hydrogen-bond acceptors (Lipinski definition) is 8. The molecule has 31 heavy (non-hydrogen) atoms. The second kappa shape index (κ2) is 10.8. The topological polar surface area (TPSA) is 100 Å². The first kappa shape index (κ1) is 22.6. The molecule has 9 nitrogen and oxygen atoms in total. The highest BCUT2D eigenvalue weighted by Gasteiger charge is 2.35. The molecule has 0 unspecified atom stereocenters. The lowest BCUT2D eigenvalue weighted by Crippen LogP contribution is -2.30. The van der Waals surface area contributed by atoms with Gasteiger partial charge in [0.1, 0.15) is 6.04 Å². The Bertz CT molecular complexity index is 924. The molecule has 0 fully saturated rings. The lowest BCUT2D eigenvalue weighted by Gasteiger charge is -2.27. The van der Waals surface area contributed by atoms with Crippen molar-refractivity contribution >= 4 is 11.9 Å². The number of benzene rings is 1. The number of methoxy groups -OCH3 is 2. The third-order valence-corrected chi connectivity index (χ3v) is 5.39. The monoisotopic (exact) mass is 429 g/mol. The highest BCUT2D eigenvalue weighted by molar-refractivity contribution is 5.92. The predicted molar refractivity (Wildman–Crippen MR) is 116 cm³/mol. The smallest absolute Gasteiger partial charge is 0.338 e. The van der Waals surface area contributed by atoms with E-state index in [1.807, 2.05) is 19.1 Å². The Balaban J connectivity index is 1.80. The number of carbonyl (C=O) groups is 1. The van der Waals surface area contributed by atoms with E-state index in [4.69, 9.17) is 14.2 Å². The first-order chi connectivity index (χ1) is 15.1. The molecule has 1 N–H and O–H groups in total. The van der Waals surface area contributed by atoms with Crippen molar-refractivity contribution in [1.82, 2.24) is 20.2 Å². The van der Waals surface area contributed by atoms with Crippen LogP contribution in [0.5, 0.6) is 11.5 Å². The molecule has 1 aromatic heterocycles. The Morgan fingerprint density at radius 3 is 2.58 bits per heavy atom. The zero-order chi connectivity index (χ0) is 22.2. The molecule has 0 saturated heterocycles. The first-order valence-corrected chi connectivity index (χ1v) is 10.7. The molecule has 3 rings (SSSR count). The molecule has 1 aromatic carbocycles. The van der Waals surface area contributed by atoms with Gasteiger partial charge in [0.15, 0.2) is 11.5 Å². The average Bonchev–Trinajstić information content (AvgIpc) is 3.24. The fourth-order valence-corrected chi connectivity index (χ4v) is 3.73. The van der Waals surface area contributed by atoms with Crippen molar-refractivity contribution < 1.29 is 19.0 Å². The maximum Gasteiger partial charge on any atom is 0.338 e. The van der Waals surface area contributed by atoms with E-state index in [1.165, 1.54) is 19.3 Å². The van der Waals surface area contributed by atoms with Gasteiger partial charge in [-0.25, -0.2) is 4.79 Å². The van der Waals surface area contributed by atoms with Crippen molar-refractivity contribution in [3.63, 3.8) is 0 Å². The van der Waals surface area contributed by atoms with Gasteiger partial charge in [-0.2, -0.15) is 4.68 Å². The van der Waals surface area contributed by atoms with Crippen molar-refractivity contribution in [3.8, 4) is 11.5 Å². The Morgan fingerprint density at radius 1 is 1.10 bits per heavy atom. The van der Waals surface area contributed by atoms with Gasteiger partial charge in [-0.15, -0.1) is 0 Å². The molecule has 2 aromatic rings. The number of rotatable bonds is 11. The molecule has 0 saturated carbocycles. The Kier molecular flexibility index (Phi) is 7.86. The largest absolute Gasteiger partial charge is 0.493 e. The van der Waals surface area contributed by atoms with Crippen LogP contribution in [-0.2, 0) is 9.53 Å². The third-order valence-electron chi connectivity index (χ3n) is 5.39. The maximum absolute atomic E-state index is 13.1. The van der Waals surface area contributed by atoms with Gasteiger partial charge in [0.25, 0.3) is 0 Å². The van der Waals surface area contributed by atoms with Crippen LogP contribution >= 0.6 is 0 Å². The van der Waals surface area contributed by atoms with E-state index < -0.39 is 6.04 Å². The number of esters is 1. The Labute approximate surface area is 182 Å². The summed E-state index contributed by atoms with van der Waals surface area (Å²) in [5, 5.41) is 15.0. The summed E-state index contributed by atoms with van der Waals surface area (Å²) in [5.74, 6) is 1.25. The molecule has 1 atom stereocenters. The number of hydrogen-bond donors (Lipinski definition) is 1. The van der Waals surface area contributed by atoms with Gasteiger partial charge in [-0.05, 0) is 41.5 Å². The molecule has 1 aliphatic heterocycles. The predicted octanol–water partition coefficient (Wildman–Crippen LogP) is 3.88. The van der Waals surface area contributed by atoms with Crippen LogP contribution in [0.4, 0.5) is 5.95 Å². The van der Waals surface area contributed by atoms with Crippen LogP contribution in [0.3, 0.4) is 0 Å². The lowest BCUT2D eigenvalue weighted by atomic mass is 9.95. The molecule has 0 bridgehead atoms. The third kappa shape index (κ3) is 5.15. The number of nitrogens with zero attached hydrogens (tertiary/aromatic N) is 4. The zero-order valence-electron chi connectivity index (χ0n) is 18.7. The Hall–Kier alpha value is -3.10. The van der Waals surface area contributed by atoms with Crippen LogP contribution in [0, 0.1) is 0 Å². The number of fused-ring (bicyclic) bond motifs is 1. The van der Waals surface area contributed by atoms with Crippen molar-refractivity contribution in [2.24, 2.45) is 0 Å². The van der Waals surface area contributed by atoms with Crippen molar-refractivity contribution in [2.45, 2.75) is 58.4 Å².